The summed E-state index contributed by atoms with van der Waals surface area (Å²) < 4.78 is 0. The quantitative estimate of drug-likeness (QED) is 0.635. The first-order chi connectivity index (χ1) is 8.66. The normalized spacial score (nSPS) is 21.8. The molecule has 96 valence electrons. The average molecular weight is 249 g/mol. The third-order valence-electron chi connectivity index (χ3n) is 2.95. The average Bonchev–Trinajstić information content (AvgIpc) is 2.38. The molecule has 1 aromatic carbocycles. The lowest BCUT2D eigenvalue weighted by Crippen LogP contribution is -2.25. The molecule has 1 unspecified atom stereocenters. The first-order valence-corrected chi connectivity index (χ1v) is 5.92. The van der Waals surface area contributed by atoms with Crippen molar-refractivity contribution in [2.75, 3.05) is 5.43 Å². The molecule has 0 amide bonds. The minimum atomic E-state index is -0.468. The van der Waals surface area contributed by atoms with Gasteiger partial charge in [-0.2, -0.15) is 5.10 Å². The van der Waals surface area contributed by atoms with Crippen molar-refractivity contribution in [3.8, 4) is 0 Å². The zero-order chi connectivity index (χ0) is 13.0. The Balaban J connectivity index is 2.01. The van der Waals surface area contributed by atoms with Crippen LogP contribution < -0.4 is 5.43 Å². The van der Waals surface area contributed by atoms with Gasteiger partial charge in [-0.05, 0) is 31.4 Å². The number of nitro groups is 1. The maximum Gasteiger partial charge on any atom is 0.269 e. The largest absolute Gasteiger partial charge is 0.387 e. The summed E-state index contributed by atoms with van der Waals surface area (Å²) in [6.45, 7) is 0. The maximum atomic E-state index is 10.5. The van der Waals surface area contributed by atoms with Crippen LogP contribution in [-0.4, -0.2) is 21.8 Å². The number of hydrogen-bond acceptors (Lipinski definition) is 5. The van der Waals surface area contributed by atoms with Crippen LogP contribution in [0.25, 0.3) is 0 Å². The van der Waals surface area contributed by atoms with Crippen LogP contribution in [0, 0.1) is 10.1 Å². The molecule has 1 aliphatic carbocycles. The number of rotatable bonds is 3. The lowest BCUT2D eigenvalue weighted by atomic mass is 9.96. The molecule has 0 aliphatic heterocycles. The molecule has 6 nitrogen and oxygen atoms in total. The smallest absolute Gasteiger partial charge is 0.269 e. The monoisotopic (exact) mass is 249 g/mol. The Morgan fingerprint density at radius 2 is 2.06 bits per heavy atom. The van der Waals surface area contributed by atoms with Crippen molar-refractivity contribution < 1.29 is 10.0 Å². The number of hydrazone groups is 1. The van der Waals surface area contributed by atoms with Crippen LogP contribution in [0.1, 0.15) is 25.7 Å². The summed E-state index contributed by atoms with van der Waals surface area (Å²) in [6.07, 6.45) is 3.14. The van der Waals surface area contributed by atoms with E-state index < -0.39 is 11.0 Å². The van der Waals surface area contributed by atoms with Gasteiger partial charge in [-0.1, -0.05) is 6.42 Å². The van der Waals surface area contributed by atoms with Gasteiger partial charge in [-0.3, -0.25) is 15.5 Å². The van der Waals surface area contributed by atoms with Crippen molar-refractivity contribution in [1.82, 2.24) is 0 Å². The molecule has 6 heteroatoms. The Morgan fingerprint density at radius 3 is 2.67 bits per heavy atom. The Labute approximate surface area is 104 Å². The van der Waals surface area contributed by atoms with Gasteiger partial charge in [0.2, 0.25) is 0 Å². The second-order valence-corrected chi connectivity index (χ2v) is 4.28. The lowest BCUT2D eigenvalue weighted by Gasteiger charge is -2.18. The molecule has 18 heavy (non-hydrogen) atoms. The van der Waals surface area contributed by atoms with Crippen molar-refractivity contribution in [3.05, 3.63) is 34.4 Å². The van der Waals surface area contributed by atoms with Gasteiger partial charge < -0.3 is 5.11 Å². The van der Waals surface area contributed by atoms with Gasteiger partial charge in [0.05, 0.1) is 22.4 Å². The maximum absolute atomic E-state index is 10.5. The Kier molecular flexibility index (Phi) is 3.88. The fourth-order valence-corrected chi connectivity index (χ4v) is 1.90. The standard InChI is InChI=1S/C12H15N3O3/c16-12-4-2-1-3-11(12)14-13-9-5-7-10(8-6-9)15(17)18/h5-8,12-13,16H,1-4H2. The number of nitrogens with one attached hydrogen (secondary N) is 1. The van der Waals surface area contributed by atoms with Gasteiger partial charge >= 0.3 is 0 Å². The van der Waals surface area contributed by atoms with Crippen LogP contribution in [-0.2, 0) is 0 Å². The SMILES string of the molecule is O=[N+]([O-])c1ccc(NN=C2CCCCC2O)cc1. The lowest BCUT2D eigenvalue weighted by molar-refractivity contribution is -0.384. The fraction of sp³-hybridized carbons (Fsp3) is 0.417. The minimum absolute atomic E-state index is 0.0471. The molecule has 2 rings (SSSR count). The molecule has 0 radical (unpaired) electrons. The zero-order valence-corrected chi connectivity index (χ0v) is 9.87. The predicted octanol–water partition coefficient (Wildman–Crippen LogP) is 2.30. The third kappa shape index (κ3) is 3.04. The number of nitro benzene ring substituents is 1. The first-order valence-electron chi connectivity index (χ1n) is 5.92. The molecule has 0 heterocycles. The highest BCUT2D eigenvalue weighted by Crippen LogP contribution is 2.18. The number of hydrogen-bond donors (Lipinski definition) is 2. The molecule has 1 saturated carbocycles. The molecule has 0 aromatic heterocycles. The summed E-state index contributed by atoms with van der Waals surface area (Å²) in [6, 6.07) is 6.02. The molecule has 1 atom stereocenters. The molecule has 1 aromatic rings. The number of aliphatic hydroxyl groups is 1. The van der Waals surface area contributed by atoms with Gasteiger partial charge in [-0.15, -0.1) is 0 Å². The van der Waals surface area contributed by atoms with Gasteiger partial charge in [0.15, 0.2) is 0 Å². The fourth-order valence-electron chi connectivity index (χ4n) is 1.90. The number of benzene rings is 1. The predicted molar refractivity (Wildman–Crippen MR) is 68.6 cm³/mol. The van der Waals surface area contributed by atoms with E-state index in [2.05, 4.69) is 10.5 Å². The van der Waals surface area contributed by atoms with E-state index in [1.807, 2.05) is 0 Å². The summed E-state index contributed by atoms with van der Waals surface area (Å²) in [7, 11) is 0. The Bertz CT molecular complexity index is 456. The molecular formula is C12H15N3O3. The first kappa shape index (κ1) is 12.5. The van der Waals surface area contributed by atoms with E-state index in [0.717, 1.165) is 31.4 Å². The van der Waals surface area contributed by atoms with Crippen LogP contribution >= 0.6 is 0 Å². The highest BCUT2D eigenvalue weighted by atomic mass is 16.6. The van der Waals surface area contributed by atoms with Crippen molar-refractivity contribution in [3.63, 3.8) is 0 Å². The Hall–Kier alpha value is -1.95. The summed E-state index contributed by atoms with van der Waals surface area (Å²) in [5.74, 6) is 0. The van der Waals surface area contributed by atoms with Crippen molar-refractivity contribution in [2.24, 2.45) is 5.10 Å². The van der Waals surface area contributed by atoms with Crippen LogP contribution in [0.3, 0.4) is 0 Å². The van der Waals surface area contributed by atoms with Crippen LogP contribution in [0.15, 0.2) is 29.4 Å². The Morgan fingerprint density at radius 1 is 1.33 bits per heavy atom. The van der Waals surface area contributed by atoms with Crippen molar-refractivity contribution >= 4 is 17.1 Å². The summed E-state index contributed by atoms with van der Waals surface area (Å²) in [5.41, 5.74) is 4.29. The van der Waals surface area contributed by atoms with E-state index in [9.17, 15) is 15.2 Å². The molecule has 0 spiro atoms. The third-order valence-corrected chi connectivity index (χ3v) is 2.95. The highest BCUT2D eigenvalue weighted by Gasteiger charge is 2.17. The number of nitrogens with zero attached hydrogens (tertiary/aromatic N) is 2. The molecule has 1 fully saturated rings. The number of non-ortho nitro benzene ring substituents is 1. The van der Waals surface area contributed by atoms with Crippen molar-refractivity contribution in [1.29, 1.82) is 0 Å². The second-order valence-electron chi connectivity index (χ2n) is 4.28. The summed E-state index contributed by atoms with van der Waals surface area (Å²) in [5, 5.41) is 24.3. The van der Waals surface area contributed by atoms with E-state index >= 15 is 0 Å². The molecule has 2 N–H and O–H groups in total. The van der Waals surface area contributed by atoms with E-state index in [4.69, 9.17) is 0 Å². The second kappa shape index (κ2) is 5.59. The topological polar surface area (TPSA) is 87.8 Å². The molecule has 0 bridgehead atoms. The minimum Gasteiger partial charge on any atom is -0.387 e. The van der Waals surface area contributed by atoms with Crippen molar-refractivity contribution in [2.45, 2.75) is 31.8 Å². The van der Waals surface area contributed by atoms with Crippen LogP contribution in [0.5, 0.6) is 0 Å². The zero-order valence-electron chi connectivity index (χ0n) is 9.87. The van der Waals surface area contributed by atoms with Gasteiger partial charge in [-0.25, -0.2) is 0 Å². The van der Waals surface area contributed by atoms with Gasteiger partial charge in [0.25, 0.3) is 5.69 Å². The summed E-state index contributed by atoms with van der Waals surface area (Å²) >= 11 is 0. The number of aliphatic hydroxyl groups excluding tert-OH is 1. The van der Waals surface area contributed by atoms with Crippen LogP contribution in [0.2, 0.25) is 0 Å². The molecule has 0 saturated heterocycles. The highest BCUT2D eigenvalue weighted by molar-refractivity contribution is 5.89. The summed E-state index contributed by atoms with van der Waals surface area (Å²) in [4.78, 5) is 10.0. The van der Waals surface area contributed by atoms with Gasteiger partial charge in [0, 0.05) is 12.1 Å². The van der Waals surface area contributed by atoms with E-state index in [-0.39, 0.29) is 5.69 Å². The number of anilines is 1. The van der Waals surface area contributed by atoms with E-state index in [0.29, 0.717) is 5.69 Å². The molecular weight excluding hydrogens is 234 g/mol. The van der Waals surface area contributed by atoms with E-state index in [1.54, 1.807) is 12.1 Å². The molecule has 1 aliphatic rings. The van der Waals surface area contributed by atoms with Gasteiger partial charge in [0.1, 0.15) is 0 Å². The van der Waals surface area contributed by atoms with E-state index in [1.165, 1.54) is 12.1 Å². The van der Waals surface area contributed by atoms with Crippen LogP contribution in [0.4, 0.5) is 11.4 Å².